The Kier molecular flexibility index (Phi) is 6.06. The lowest BCUT2D eigenvalue weighted by atomic mass is 9.82. The van der Waals surface area contributed by atoms with Gasteiger partial charge >= 0.3 is 0 Å². The fourth-order valence-corrected chi connectivity index (χ4v) is 5.55. The molecule has 180 valence electrons. The Balaban J connectivity index is 1.43. The number of methoxy groups -OCH3 is 1. The van der Waals surface area contributed by atoms with Gasteiger partial charge in [0.1, 0.15) is 11.6 Å². The van der Waals surface area contributed by atoms with Crippen LogP contribution in [0.15, 0.2) is 42.5 Å². The van der Waals surface area contributed by atoms with Crippen LogP contribution in [0.25, 0.3) is 0 Å². The van der Waals surface area contributed by atoms with Gasteiger partial charge in [-0.2, -0.15) is 0 Å². The number of piperazine rings is 2. The highest BCUT2D eigenvalue weighted by atomic mass is 19.1. The molecule has 3 aliphatic heterocycles. The molecule has 0 N–H and O–H groups in total. The van der Waals surface area contributed by atoms with Crippen LogP contribution in [0.1, 0.15) is 12.5 Å². The largest absolute Gasteiger partial charge is 0.497 e. The monoisotopic (exact) mass is 466 g/mol. The maximum Gasteiger partial charge on any atom is 0.228 e. The summed E-state index contributed by atoms with van der Waals surface area (Å²) in [5.41, 5.74) is 3.26. The highest BCUT2D eigenvalue weighted by molar-refractivity contribution is 5.83. The molecule has 8 heteroatoms. The summed E-state index contributed by atoms with van der Waals surface area (Å²) in [6, 6.07) is 12.7. The summed E-state index contributed by atoms with van der Waals surface area (Å²) in [5.74, 6) is 0.581. The number of ether oxygens (including phenoxy) is 1. The molecule has 2 fully saturated rings. The minimum atomic E-state index is -0.251. The van der Waals surface area contributed by atoms with Gasteiger partial charge in [0.05, 0.1) is 19.1 Å². The highest BCUT2D eigenvalue weighted by Crippen LogP contribution is 2.39. The van der Waals surface area contributed by atoms with Gasteiger partial charge in [-0.1, -0.05) is 6.07 Å². The molecule has 0 bridgehead atoms. The van der Waals surface area contributed by atoms with E-state index < -0.39 is 0 Å². The fourth-order valence-electron chi connectivity index (χ4n) is 5.55. The molecular weight excluding hydrogens is 435 g/mol. The maximum atomic E-state index is 13.8. The van der Waals surface area contributed by atoms with E-state index >= 15 is 0 Å². The molecule has 0 radical (unpaired) electrons. The lowest BCUT2D eigenvalue weighted by Crippen LogP contribution is -2.62. The van der Waals surface area contributed by atoms with E-state index in [4.69, 9.17) is 4.74 Å². The second-order valence-electron chi connectivity index (χ2n) is 9.32. The number of carbonyl (C=O) groups excluding carboxylic acids is 2. The van der Waals surface area contributed by atoms with Gasteiger partial charge in [-0.15, -0.1) is 0 Å². The average Bonchev–Trinajstić information content (AvgIpc) is 2.87. The summed E-state index contributed by atoms with van der Waals surface area (Å²) in [6.45, 7) is 6.12. The number of nitrogens with zero attached hydrogens (tertiary/aromatic N) is 4. The number of hydrogen-bond donors (Lipinski definition) is 0. The minimum Gasteiger partial charge on any atom is -0.497 e. The molecule has 3 heterocycles. The summed E-state index contributed by atoms with van der Waals surface area (Å²) in [5, 5.41) is 0. The van der Waals surface area contributed by atoms with Crippen molar-refractivity contribution in [2.45, 2.75) is 19.4 Å². The molecule has 3 aliphatic rings. The van der Waals surface area contributed by atoms with Gasteiger partial charge in [0.25, 0.3) is 0 Å². The predicted octanol–water partition coefficient (Wildman–Crippen LogP) is 2.39. The normalized spacial score (nSPS) is 22.2. The molecule has 0 aliphatic carbocycles. The van der Waals surface area contributed by atoms with Crippen LogP contribution in [0.2, 0.25) is 0 Å². The number of anilines is 2. The summed E-state index contributed by atoms with van der Waals surface area (Å²) in [4.78, 5) is 33.9. The fraction of sp³-hybridized carbons (Fsp3) is 0.462. The van der Waals surface area contributed by atoms with Crippen molar-refractivity contribution in [3.05, 3.63) is 53.8 Å². The first-order valence-corrected chi connectivity index (χ1v) is 11.9. The van der Waals surface area contributed by atoms with E-state index in [-0.39, 0.29) is 29.6 Å². The molecule has 0 unspecified atom stereocenters. The van der Waals surface area contributed by atoms with E-state index in [0.717, 1.165) is 35.8 Å². The highest BCUT2D eigenvalue weighted by Gasteiger charge is 2.43. The van der Waals surface area contributed by atoms with Crippen LogP contribution in [0, 0.1) is 11.7 Å². The smallest absolute Gasteiger partial charge is 0.228 e. The Hall–Kier alpha value is -3.29. The summed E-state index contributed by atoms with van der Waals surface area (Å²) < 4.78 is 19.0. The van der Waals surface area contributed by atoms with Crippen LogP contribution in [0.4, 0.5) is 15.8 Å². The van der Waals surface area contributed by atoms with Crippen molar-refractivity contribution in [2.75, 3.05) is 62.7 Å². The van der Waals surface area contributed by atoms with Crippen LogP contribution in [-0.4, -0.2) is 80.6 Å². The van der Waals surface area contributed by atoms with Crippen LogP contribution >= 0.6 is 0 Å². The van der Waals surface area contributed by atoms with Crippen molar-refractivity contribution >= 4 is 23.2 Å². The standard InChI is InChI=1S/C26H31FN4O3/c1-18(32)28-9-11-29(12-10-28)26(33)23-15-19-3-8-22(34-2)16-24(19)31-14-13-30(17-25(23)31)21-6-4-20(27)5-7-21/h3-8,16,23,25H,9-15,17H2,1-2H3/t23-,25-/m0/s1. The van der Waals surface area contributed by atoms with Gasteiger partial charge in [-0.25, -0.2) is 4.39 Å². The second kappa shape index (κ2) is 9.16. The molecular formula is C26H31FN4O3. The first-order valence-electron chi connectivity index (χ1n) is 11.9. The summed E-state index contributed by atoms with van der Waals surface area (Å²) in [7, 11) is 1.67. The second-order valence-corrected chi connectivity index (χ2v) is 9.32. The Morgan fingerprint density at radius 2 is 1.65 bits per heavy atom. The number of amides is 2. The Labute approximate surface area is 199 Å². The van der Waals surface area contributed by atoms with Crippen molar-refractivity contribution in [1.82, 2.24) is 9.80 Å². The molecule has 2 aromatic carbocycles. The average molecular weight is 467 g/mol. The molecule has 5 rings (SSSR count). The third kappa shape index (κ3) is 4.17. The SMILES string of the molecule is COc1ccc2c(c1)N1CCN(c3ccc(F)cc3)C[C@H]1[C@@H](C(=O)N1CCN(C(C)=O)CC1)C2. The van der Waals surface area contributed by atoms with E-state index in [2.05, 4.69) is 21.9 Å². The van der Waals surface area contributed by atoms with Crippen LogP contribution in [-0.2, 0) is 16.0 Å². The number of halogens is 1. The first kappa shape index (κ1) is 22.5. The number of benzene rings is 2. The van der Waals surface area contributed by atoms with Gasteiger partial charge < -0.3 is 24.3 Å². The van der Waals surface area contributed by atoms with Gasteiger partial charge in [0.15, 0.2) is 0 Å². The molecule has 2 saturated heterocycles. The van der Waals surface area contributed by atoms with Gasteiger partial charge in [-0.05, 0) is 42.3 Å². The minimum absolute atomic E-state index is 0.00301. The van der Waals surface area contributed by atoms with Crippen LogP contribution in [0.5, 0.6) is 5.75 Å². The van der Waals surface area contributed by atoms with Gasteiger partial charge in [-0.3, -0.25) is 9.59 Å². The lowest BCUT2D eigenvalue weighted by molar-refractivity contribution is -0.142. The van der Waals surface area contributed by atoms with Gasteiger partial charge in [0, 0.05) is 70.2 Å². The molecule has 0 saturated carbocycles. The number of fused-ring (bicyclic) bond motifs is 3. The maximum absolute atomic E-state index is 13.8. The Bertz CT molecular complexity index is 1070. The molecule has 2 aromatic rings. The third-order valence-electron chi connectivity index (χ3n) is 7.47. The zero-order valence-electron chi connectivity index (χ0n) is 19.7. The summed E-state index contributed by atoms with van der Waals surface area (Å²) in [6.07, 6.45) is 0.670. The van der Waals surface area contributed by atoms with Crippen LogP contribution in [0.3, 0.4) is 0 Å². The van der Waals surface area contributed by atoms with Crippen molar-refractivity contribution in [2.24, 2.45) is 5.92 Å². The van der Waals surface area contributed by atoms with Crippen molar-refractivity contribution in [3.63, 3.8) is 0 Å². The molecule has 0 aromatic heterocycles. The number of hydrogen-bond acceptors (Lipinski definition) is 5. The van der Waals surface area contributed by atoms with E-state index in [0.29, 0.717) is 39.1 Å². The van der Waals surface area contributed by atoms with E-state index in [1.165, 1.54) is 12.1 Å². The lowest BCUT2D eigenvalue weighted by Gasteiger charge is -2.50. The van der Waals surface area contributed by atoms with Crippen molar-refractivity contribution < 1.29 is 18.7 Å². The Morgan fingerprint density at radius 3 is 2.32 bits per heavy atom. The molecule has 0 spiro atoms. The zero-order chi connectivity index (χ0) is 23.8. The van der Waals surface area contributed by atoms with Crippen molar-refractivity contribution in [1.29, 1.82) is 0 Å². The van der Waals surface area contributed by atoms with E-state index in [1.54, 1.807) is 18.9 Å². The zero-order valence-corrected chi connectivity index (χ0v) is 19.7. The quantitative estimate of drug-likeness (QED) is 0.696. The van der Waals surface area contributed by atoms with E-state index in [9.17, 15) is 14.0 Å². The third-order valence-corrected chi connectivity index (χ3v) is 7.47. The molecule has 7 nitrogen and oxygen atoms in total. The topological polar surface area (TPSA) is 56.3 Å². The molecule has 2 amide bonds. The number of rotatable bonds is 3. The van der Waals surface area contributed by atoms with E-state index in [1.807, 2.05) is 23.1 Å². The van der Waals surface area contributed by atoms with Gasteiger partial charge in [0.2, 0.25) is 11.8 Å². The molecule has 34 heavy (non-hydrogen) atoms. The first-order chi connectivity index (χ1) is 16.4. The summed E-state index contributed by atoms with van der Waals surface area (Å²) >= 11 is 0. The Morgan fingerprint density at radius 1 is 0.941 bits per heavy atom. The van der Waals surface area contributed by atoms with Crippen molar-refractivity contribution in [3.8, 4) is 5.75 Å². The molecule has 2 atom stereocenters. The predicted molar refractivity (Wildman–Crippen MR) is 129 cm³/mol. The van der Waals surface area contributed by atoms with Crippen LogP contribution < -0.4 is 14.5 Å². The number of carbonyl (C=O) groups is 2.